The van der Waals surface area contributed by atoms with Crippen molar-refractivity contribution in [3.63, 3.8) is 0 Å². The zero-order valence-corrected chi connectivity index (χ0v) is 22.6. The number of likely N-dealkylation sites (tertiary alicyclic amines) is 1. The number of aldehydes is 2. The van der Waals surface area contributed by atoms with Crippen LogP contribution in [-0.2, 0) is 16.6 Å². The molecule has 0 unspecified atom stereocenters. The molecule has 2 heterocycles. The monoisotopic (exact) mass is 559 g/mol. The van der Waals surface area contributed by atoms with Crippen LogP contribution in [0.15, 0.2) is 30.3 Å². The predicted molar refractivity (Wildman–Crippen MR) is 146 cm³/mol. The van der Waals surface area contributed by atoms with Gasteiger partial charge in [0.15, 0.2) is 24.1 Å². The molecule has 214 valence electrons. The lowest BCUT2D eigenvalue weighted by Crippen LogP contribution is -2.78. The van der Waals surface area contributed by atoms with Gasteiger partial charge in [0.1, 0.15) is 6.10 Å². The third kappa shape index (κ3) is 3.84. The number of hydrogen-bond donors (Lipinski definition) is 4. The number of nitrogens with zero attached hydrogens (tertiary/aromatic N) is 1. The molecule has 2 aliphatic heterocycles. The van der Waals surface area contributed by atoms with Crippen LogP contribution >= 0.6 is 0 Å². The summed E-state index contributed by atoms with van der Waals surface area (Å²) < 4.78 is 6.47. The highest BCUT2D eigenvalue weighted by molar-refractivity contribution is 6.00. The standard InChI is InChI=1S/C31H33N3O7/c35-15-20-4-3-19(11-21(20)16-36)29(39)32-13-25(38)33-22-7-8-31(40)24-12-18-5-6-23(37)27-26(18)30(31,28(22)41-27)9-10-34(24)14-17-1-2-17/h3-6,11,15-17,22,24,28,37,40H,1-2,7-10,12-14H2,(H,32,39)(H,33,38)/t22-,24-,28+,30+,31-/m1/s1. The fourth-order valence-corrected chi connectivity index (χ4v) is 8.08. The number of ether oxygens (including phenoxy) is 1. The average Bonchev–Trinajstić information content (AvgIpc) is 3.72. The Morgan fingerprint density at radius 3 is 2.63 bits per heavy atom. The molecule has 7 rings (SSSR count). The number of nitrogens with one attached hydrogen (secondary N) is 2. The molecule has 1 spiro atoms. The first kappa shape index (κ1) is 26.2. The van der Waals surface area contributed by atoms with Crippen LogP contribution in [0.4, 0.5) is 0 Å². The Bertz CT molecular complexity index is 1470. The van der Waals surface area contributed by atoms with Crippen molar-refractivity contribution in [3.05, 3.63) is 58.1 Å². The molecule has 2 aromatic rings. The van der Waals surface area contributed by atoms with Crippen LogP contribution in [0.1, 0.15) is 74.3 Å². The maximum atomic E-state index is 13.1. The van der Waals surface area contributed by atoms with Gasteiger partial charge in [-0.2, -0.15) is 0 Å². The second-order valence-electron chi connectivity index (χ2n) is 12.3. The summed E-state index contributed by atoms with van der Waals surface area (Å²) in [5.41, 5.74) is 0.632. The van der Waals surface area contributed by atoms with Crippen LogP contribution in [0, 0.1) is 5.92 Å². The number of piperidine rings is 1. The van der Waals surface area contributed by atoms with Gasteiger partial charge in [0, 0.05) is 34.8 Å². The van der Waals surface area contributed by atoms with Crippen LogP contribution in [0.25, 0.3) is 0 Å². The smallest absolute Gasteiger partial charge is 0.251 e. The number of carbonyl (C=O) groups is 4. The molecule has 10 heteroatoms. The molecule has 0 aromatic heterocycles. The minimum atomic E-state index is -1.05. The molecule has 3 aliphatic carbocycles. The Morgan fingerprint density at radius 1 is 1.07 bits per heavy atom. The van der Waals surface area contributed by atoms with Crippen LogP contribution in [-0.4, -0.2) is 82.9 Å². The average molecular weight is 560 g/mol. The van der Waals surface area contributed by atoms with Crippen molar-refractivity contribution in [2.24, 2.45) is 5.92 Å². The molecule has 5 atom stereocenters. The number of phenolic OH excluding ortho intramolecular Hbond substituents is 1. The molecular formula is C31H33N3O7. The zero-order valence-electron chi connectivity index (χ0n) is 22.6. The van der Waals surface area contributed by atoms with Crippen LogP contribution < -0.4 is 15.4 Å². The first-order valence-electron chi connectivity index (χ1n) is 14.4. The van der Waals surface area contributed by atoms with Gasteiger partial charge in [0.2, 0.25) is 5.91 Å². The summed E-state index contributed by atoms with van der Waals surface area (Å²) in [6.45, 7) is 1.51. The van der Waals surface area contributed by atoms with Crippen molar-refractivity contribution in [2.75, 3.05) is 19.6 Å². The van der Waals surface area contributed by atoms with E-state index in [1.807, 2.05) is 6.07 Å². The summed E-state index contributed by atoms with van der Waals surface area (Å²) >= 11 is 0. The van der Waals surface area contributed by atoms with E-state index in [0.717, 1.165) is 24.2 Å². The number of rotatable bonds is 8. The lowest BCUT2D eigenvalue weighted by atomic mass is 9.48. The number of carbonyl (C=O) groups excluding carboxylic acids is 4. The SMILES string of the molecule is O=Cc1ccc(C(=O)NCC(=O)N[C@@H]2CC[C@@]3(O)[C@H]4Cc5ccc(O)c6c5[C@@]3(CCN4CC3CC3)[C@H]2O6)cc1C=O. The van der Waals surface area contributed by atoms with Crippen molar-refractivity contribution in [2.45, 2.75) is 67.7 Å². The molecule has 5 aliphatic rings. The fraction of sp³-hybridized carbons (Fsp3) is 0.484. The third-order valence-corrected chi connectivity index (χ3v) is 10.1. The summed E-state index contributed by atoms with van der Waals surface area (Å²) in [7, 11) is 0. The highest BCUT2D eigenvalue weighted by atomic mass is 16.5. The predicted octanol–water partition coefficient (Wildman–Crippen LogP) is 1.50. The van der Waals surface area contributed by atoms with Gasteiger partial charge >= 0.3 is 0 Å². The Balaban J connectivity index is 1.11. The van der Waals surface area contributed by atoms with E-state index in [-0.39, 0.29) is 35.0 Å². The number of amides is 2. The van der Waals surface area contributed by atoms with Gasteiger partial charge in [0.25, 0.3) is 5.91 Å². The Kier molecular flexibility index (Phi) is 5.99. The van der Waals surface area contributed by atoms with Gasteiger partial charge in [-0.15, -0.1) is 0 Å². The minimum absolute atomic E-state index is 0.0429. The van der Waals surface area contributed by atoms with Crippen LogP contribution in [0.5, 0.6) is 11.5 Å². The van der Waals surface area contributed by atoms with Crippen molar-refractivity contribution in [1.82, 2.24) is 15.5 Å². The molecule has 3 fully saturated rings. The van der Waals surface area contributed by atoms with Crippen LogP contribution in [0.2, 0.25) is 0 Å². The molecule has 2 saturated carbocycles. The largest absolute Gasteiger partial charge is 0.504 e. The summed E-state index contributed by atoms with van der Waals surface area (Å²) in [4.78, 5) is 50.6. The lowest BCUT2D eigenvalue weighted by Gasteiger charge is -2.64. The van der Waals surface area contributed by atoms with E-state index in [1.54, 1.807) is 6.07 Å². The molecule has 2 amide bonds. The second-order valence-corrected chi connectivity index (χ2v) is 12.3. The first-order valence-corrected chi connectivity index (χ1v) is 14.4. The number of phenols is 1. The normalized spacial score (nSPS) is 31.0. The van der Waals surface area contributed by atoms with E-state index in [9.17, 15) is 29.4 Å². The molecule has 1 saturated heterocycles. The van der Waals surface area contributed by atoms with E-state index in [2.05, 4.69) is 15.5 Å². The number of aromatic hydroxyl groups is 1. The van der Waals surface area contributed by atoms with Gasteiger partial charge in [0.05, 0.1) is 23.6 Å². The maximum Gasteiger partial charge on any atom is 0.251 e. The van der Waals surface area contributed by atoms with Gasteiger partial charge in [-0.05, 0) is 74.8 Å². The maximum absolute atomic E-state index is 13.1. The van der Waals surface area contributed by atoms with E-state index in [0.29, 0.717) is 49.9 Å². The van der Waals surface area contributed by atoms with Crippen molar-refractivity contribution in [3.8, 4) is 11.5 Å². The molecule has 0 radical (unpaired) electrons. The van der Waals surface area contributed by atoms with Gasteiger partial charge in [-0.25, -0.2) is 0 Å². The summed E-state index contributed by atoms with van der Waals surface area (Å²) in [5, 5.41) is 28.9. The molecule has 2 aromatic carbocycles. The van der Waals surface area contributed by atoms with Gasteiger partial charge in [-0.3, -0.25) is 24.1 Å². The van der Waals surface area contributed by atoms with E-state index < -0.39 is 35.0 Å². The van der Waals surface area contributed by atoms with E-state index >= 15 is 0 Å². The number of aliphatic hydroxyl groups is 1. The highest BCUT2D eigenvalue weighted by Crippen LogP contribution is 2.65. The molecule has 2 bridgehead atoms. The zero-order chi connectivity index (χ0) is 28.5. The summed E-state index contributed by atoms with van der Waals surface area (Å²) in [6.07, 6.45) is 5.32. The Hall–Kier alpha value is -3.76. The van der Waals surface area contributed by atoms with Crippen LogP contribution in [0.3, 0.4) is 0 Å². The highest BCUT2D eigenvalue weighted by Gasteiger charge is 2.73. The molecule has 10 nitrogen and oxygen atoms in total. The van der Waals surface area contributed by atoms with Crippen molar-refractivity contribution in [1.29, 1.82) is 0 Å². The summed E-state index contributed by atoms with van der Waals surface area (Å²) in [5.74, 6) is 0.196. The molecular weight excluding hydrogens is 526 g/mol. The Labute approximate surface area is 237 Å². The molecule has 4 N–H and O–H groups in total. The van der Waals surface area contributed by atoms with Crippen molar-refractivity contribution >= 4 is 24.4 Å². The van der Waals surface area contributed by atoms with Gasteiger partial charge in [-0.1, -0.05) is 12.1 Å². The van der Waals surface area contributed by atoms with Crippen molar-refractivity contribution < 1.29 is 34.1 Å². The third-order valence-electron chi connectivity index (χ3n) is 10.1. The minimum Gasteiger partial charge on any atom is -0.504 e. The van der Waals surface area contributed by atoms with Gasteiger partial charge < -0.3 is 25.6 Å². The Morgan fingerprint density at radius 2 is 1.88 bits per heavy atom. The summed E-state index contributed by atoms with van der Waals surface area (Å²) in [6, 6.07) is 7.26. The first-order chi connectivity index (χ1) is 19.8. The number of hydrogen-bond acceptors (Lipinski definition) is 8. The number of benzene rings is 2. The van der Waals surface area contributed by atoms with E-state index in [4.69, 9.17) is 4.74 Å². The topological polar surface area (TPSA) is 145 Å². The second kappa shape index (κ2) is 9.39. The lowest BCUT2D eigenvalue weighted by molar-refractivity contribution is -0.192. The quantitative estimate of drug-likeness (QED) is 0.356. The van der Waals surface area contributed by atoms with E-state index in [1.165, 1.54) is 31.0 Å². The molecule has 41 heavy (non-hydrogen) atoms. The fourth-order valence-electron chi connectivity index (χ4n) is 8.08.